The first-order valence-corrected chi connectivity index (χ1v) is 10.2. The molecule has 1 N–H and O–H groups in total. The predicted molar refractivity (Wildman–Crippen MR) is 121 cm³/mol. The van der Waals surface area contributed by atoms with Crippen LogP contribution in [0.4, 0.5) is 0 Å². The molecule has 28 heavy (non-hydrogen) atoms. The van der Waals surface area contributed by atoms with Crippen molar-refractivity contribution >= 4 is 13.0 Å². The van der Waals surface area contributed by atoms with Crippen LogP contribution in [-0.2, 0) is 10.8 Å². The van der Waals surface area contributed by atoms with Crippen molar-refractivity contribution in [3.8, 4) is 0 Å². The molecule has 1 heterocycles. The van der Waals surface area contributed by atoms with E-state index in [4.69, 9.17) is 4.98 Å². The average molecular weight is 371 g/mol. The first-order chi connectivity index (χ1) is 13.2. The SMILES string of the molecule is CC(C)(C)c1nc([B]CC(c2ccccc2)c2ccccc2)[nH]c1C(C)(C)C. The lowest BCUT2D eigenvalue weighted by Gasteiger charge is -2.24. The van der Waals surface area contributed by atoms with Gasteiger partial charge >= 0.3 is 0 Å². The predicted octanol–water partition coefficient (Wildman–Crippen LogP) is 5.58. The van der Waals surface area contributed by atoms with Crippen molar-refractivity contribution in [1.82, 2.24) is 9.97 Å². The third-order valence-corrected chi connectivity index (χ3v) is 5.13. The molecule has 0 aliphatic carbocycles. The minimum atomic E-state index is 0.0173. The van der Waals surface area contributed by atoms with Gasteiger partial charge in [-0.15, -0.1) is 0 Å². The van der Waals surface area contributed by atoms with Gasteiger partial charge in [0.2, 0.25) is 7.28 Å². The lowest BCUT2D eigenvalue weighted by Crippen LogP contribution is -2.22. The summed E-state index contributed by atoms with van der Waals surface area (Å²) in [6, 6.07) is 21.5. The lowest BCUT2D eigenvalue weighted by molar-refractivity contribution is 0.512. The Balaban J connectivity index is 1.89. The van der Waals surface area contributed by atoms with Crippen LogP contribution >= 0.6 is 0 Å². The number of H-pyrrole nitrogens is 1. The van der Waals surface area contributed by atoms with Crippen LogP contribution < -0.4 is 5.72 Å². The van der Waals surface area contributed by atoms with Gasteiger partial charge in [0.05, 0.1) is 11.4 Å². The average Bonchev–Trinajstić information content (AvgIpc) is 3.09. The number of aromatic amines is 1. The van der Waals surface area contributed by atoms with Gasteiger partial charge in [0, 0.05) is 22.4 Å². The second kappa shape index (κ2) is 7.99. The van der Waals surface area contributed by atoms with E-state index in [2.05, 4.69) is 114 Å². The molecule has 0 unspecified atom stereocenters. The highest BCUT2D eigenvalue weighted by Gasteiger charge is 2.29. The minimum Gasteiger partial charge on any atom is -0.354 e. The fourth-order valence-electron chi connectivity index (χ4n) is 3.64. The summed E-state index contributed by atoms with van der Waals surface area (Å²) < 4.78 is 0. The van der Waals surface area contributed by atoms with E-state index in [1.165, 1.54) is 22.5 Å². The van der Waals surface area contributed by atoms with Gasteiger partial charge in [-0.05, 0) is 11.1 Å². The molecule has 145 valence electrons. The Bertz CT molecular complexity index is 813. The second-order valence-electron chi connectivity index (χ2n) is 9.66. The van der Waals surface area contributed by atoms with E-state index in [-0.39, 0.29) is 10.8 Å². The molecule has 0 bridgehead atoms. The van der Waals surface area contributed by atoms with E-state index in [0.29, 0.717) is 5.92 Å². The van der Waals surface area contributed by atoms with Crippen LogP contribution in [0.1, 0.15) is 70.0 Å². The van der Waals surface area contributed by atoms with E-state index in [1.807, 2.05) is 0 Å². The first-order valence-electron chi connectivity index (χ1n) is 10.2. The molecule has 0 saturated carbocycles. The number of hydrogen-bond donors (Lipinski definition) is 1. The Kier molecular flexibility index (Phi) is 5.83. The van der Waals surface area contributed by atoms with Crippen LogP contribution in [-0.4, -0.2) is 17.2 Å². The van der Waals surface area contributed by atoms with Gasteiger partial charge in [-0.25, -0.2) is 4.98 Å². The maximum atomic E-state index is 5.00. The summed E-state index contributed by atoms with van der Waals surface area (Å²) in [7, 11) is 2.26. The van der Waals surface area contributed by atoms with Crippen molar-refractivity contribution in [3.63, 3.8) is 0 Å². The molecule has 0 fully saturated rings. The highest BCUT2D eigenvalue weighted by molar-refractivity contribution is 6.51. The van der Waals surface area contributed by atoms with Crippen molar-refractivity contribution < 1.29 is 0 Å². The number of nitrogens with one attached hydrogen (secondary N) is 1. The topological polar surface area (TPSA) is 28.7 Å². The van der Waals surface area contributed by atoms with Crippen LogP contribution in [0.5, 0.6) is 0 Å². The quantitative estimate of drug-likeness (QED) is 0.583. The molecule has 2 nitrogen and oxygen atoms in total. The highest BCUT2D eigenvalue weighted by atomic mass is 14.9. The number of imidazole rings is 1. The van der Waals surface area contributed by atoms with Gasteiger partial charge < -0.3 is 4.98 Å². The molecule has 0 aliphatic rings. The summed E-state index contributed by atoms with van der Waals surface area (Å²) in [4.78, 5) is 8.62. The first kappa shape index (κ1) is 20.4. The monoisotopic (exact) mass is 371 g/mol. The third kappa shape index (κ3) is 4.76. The van der Waals surface area contributed by atoms with Gasteiger partial charge in [0.25, 0.3) is 0 Å². The van der Waals surface area contributed by atoms with Crippen LogP contribution in [0.3, 0.4) is 0 Å². The standard InChI is InChI=1S/C25H32BN2/c1-24(2,3)21-22(25(4,5)6)28-23(27-21)26-17-20(18-13-9-7-10-14-18)19-15-11-8-12-16-19/h7-16,20H,17H2,1-6H3,(H,27,28). The number of nitrogens with zero attached hydrogens (tertiary/aromatic N) is 1. The summed E-state index contributed by atoms with van der Waals surface area (Å²) in [5.41, 5.74) is 6.12. The minimum absolute atomic E-state index is 0.0173. The summed E-state index contributed by atoms with van der Waals surface area (Å²) in [5, 5.41) is 0. The molecule has 0 atom stereocenters. The van der Waals surface area contributed by atoms with Gasteiger partial charge in [0.15, 0.2) is 0 Å². The third-order valence-electron chi connectivity index (χ3n) is 5.13. The Morgan fingerprint density at radius 1 is 0.786 bits per heavy atom. The Hall–Kier alpha value is -2.29. The summed E-state index contributed by atoms with van der Waals surface area (Å²) in [5.74, 6) is 0.323. The summed E-state index contributed by atoms with van der Waals surface area (Å²) in [6.45, 7) is 13.4. The van der Waals surface area contributed by atoms with Gasteiger partial charge in [-0.2, -0.15) is 0 Å². The van der Waals surface area contributed by atoms with Gasteiger partial charge in [-0.1, -0.05) is 109 Å². The van der Waals surface area contributed by atoms with Crippen molar-refractivity contribution in [1.29, 1.82) is 0 Å². The molecule has 3 aromatic rings. The molecule has 1 aromatic heterocycles. The number of benzene rings is 2. The molecule has 3 rings (SSSR count). The van der Waals surface area contributed by atoms with Crippen LogP contribution in [0, 0.1) is 0 Å². The fraction of sp³-hybridized carbons (Fsp3) is 0.400. The van der Waals surface area contributed by atoms with E-state index in [1.54, 1.807) is 0 Å². The van der Waals surface area contributed by atoms with Crippen molar-refractivity contribution in [2.24, 2.45) is 0 Å². The molecular formula is C25H32BN2. The molecular weight excluding hydrogens is 339 g/mol. The largest absolute Gasteiger partial charge is 0.354 e. The second-order valence-corrected chi connectivity index (χ2v) is 9.66. The Morgan fingerprint density at radius 3 is 1.68 bits per heavy atom. The highest BCUT2D eigenvalue weighted by Crippen LogP contribution is 2.31. The number of rotatable bonds is 5. The molecule has 0 amide bonds. The van der Waals surface area contributed by atoms with Gasteiger partial charge in [0.1, 0.15) is 0 Å². The fourth-order valence-corrected chi connectivity index (χ4v) is 3.64. The summed E-state index contributed by atoms with van der Waals surface area (Å²) in [6.07, 6.45) is 0.911. The molecule has 2 aromatic carbocycles. The van der Waals surface area contributed by atoms with E-state index in [9.17, 15) is 0 Å². The van der Waals surface area contributed by atoms with E-state index in [0.717, 1.165) is 12.0 Å². The van der Waals surface area contributed by atoms with Crippen LogP contribution in [0.2, 0.25) is 6.32 Å². The molecule has 1 radical (unpaired) electrons. The molecule has 0 spiro atoms. The van der Waals surface area contributed by atoms with E-state index < -0.39 is 0 Å². The Labute approximate surface area is 171 Å². The maximum absolute atomic E-state index is 5.00. The van der Waals surface area contributed by atoms with Crippen molar-refractivity contribution in [2.75, 3.05) is 0 Å². The summed E-state index contributed by atoms with van der Waals surface area (Å²) >= 11 is 0. The zero-order valence-electron chi connectivity index (χ0n) is 18.1. The Morgan fingerprint density at radius 2 is 1.29 bits per heavy atom. The lowest BCUT2D eigenvalue weighted by atomic mass is 9.65. The maximum Gasteiger partial charge on any atom is 0.202 e. The molecule has 3 heteroatoms. The van der Waals surface area contributed by atoms with Crippen molar-refractivity contribution in [3.05, 3.63) is 83.2 Å². The van der Waals surface area contributed by atoms with Crippen LogP contribution in [0.15, 0.2) is 60.7 Å². The van der Waals surface area contributed by atoms with E-state index >= 15 is 0 Å². The smallest absolute Gasteiger partial charge is 0.202 e. The van der Waals surface area contributed by atoms with Crippen LogP contribution in [0.25, 0.3) is 0 Å². The number of aromatic nitrogens is 2. The number of hydrogen-bond acceptors (Lipinski definition) is 1. The van der Waals surface area contributed by atoms with Crippen molar-refractivity contribution in [2.45, 2.75) is 64.6 Å². The zero-order chi connectivity index (χ0) is 20.4. The molecule has 0 aliphatic heterocycles. The zero-order valence-corrected chi connectivity index (χ0v) is 18.1. The normalized spacial score (nSPS) is 12.4. The van der Waals surface area contributed by atoms with Gasteiger partial charge in [-0.3, -0.25) is 0 Å². The molecule has 0 saturated heterocycles.